The van der Waals surface area contributed by atoms with Gasteiger partial charge in [-0.2, -0.15) is 0 Å². The van der Waals surface area contributed by atoms with E-state index in [0.717, 1.165) is 19.3 Å². The van der Waals surface area contributed by atoms with Crippen molar-refractivity contribution in [3.8, 4) is 0 Å². The van der Waals surface area contributed by atoms with Crippen LogP contribution in [0.5, 0.6) is 0 Å². The minimum Gasteiger partial charge on any atom is -0.391 e. The molecule has 0 heterocycles. The Hall–Kier alpha value is -0.570. The van der Waals surface area contributed by atoms with E-state index in [4.69, 9.17) is 0 Å². The number of amides is 1. The molecule has 3 nitrogen and oxygen atoms in total. The molecule has 88 valence electrons. The second-order valence-electron chi connectivity index (χ2n) is 4.71. The number of hydrogen-bond donors (Lipinski definition) is 2. The summed E-state index contributed by atoms with van der Waals surface area (Å²) in [6, 6.07) is 0. The van der Waals surface area contributed by atoms with Crippen LogP contribution in [0.3, 0.4) is 0 Å². The summed E-state index contributed by atoms with van der Waals surface area (Å²) in [5.74, 6) is 1.17. The maximum Gasteiger partial charge on any atom is 0.223 e. The van der Waals surface area contributed by atoms with Crippen LogP contribution >= 0.6 is 0 Å². The van der Waals surface area contributed by atoms with Crippen molar-refractivity contribution in [1.82, 2.24) is 5.32 Å². The average Bonchev–Trinajstić information content (AvgIpc) is 2.94. The minimum atomic E-state index is -0.391. The molecular formula is C12H23NO2. The number of aliphatic hydroxyl groups excluding tert-OH is 1. The van der Waals surface area contributed by atoms with Gasteiger partial charge in [-0.1, -0.05) is 33.6 Å². The summed E-state index contributed by atoms with van der Waals surface area (Å²) in [6.45, 7) is 6.64. The van der Waals surface area contributed by atoms with Gasteiger partial charge in [0.25, 0.3) is 0 Å². The Bertz CT molecular complexity index is 214. The van der Waals surface area contributed by atoms with Crippen LogP contribution in [0.4, 0.5) is 0 Å². The van der Waals surface area contributed by atoms with Gasteiger partial charge in [0.05, 0.1) is 6.10 Å². The predicted octanol–water partition coefficient (Wildman–Crippen LogP) is 1.56. The Kier molecular flexibility index (Phi) is 4.58. The molecule has 1 aliphatic carbocycles. The lowest BCUT2D eigenvalue weighted by Crippen LogP contribution is -2.37. The Morgan fingerprint density at radius 1 is 1.47 bits per heavy atom. The molecule has 0 aromatic heterocycles. The topological polar surface area (TPSA) is 49.3 Å². The number of aliphatic hydroxyl groups is 1. The van der Waals surface area contributed by atoms with E-state index in [2.05, 4.69) is 26.1 Å². The molecular weight excluding hydrogens is 190 g/mol. The zero-order chi connectivity index (χ0) is 11.4. The molecule has 15 heavy (non-hydrogen) atoms. The van der Waals surface area contributed by atoms with E-state index < -0.39 is 6.10 Å². The smallest absolute Gasteiger partial charge is 0.223 e. The molecule has 0 spiro atoms. The molecule has 1 aliphatic rings. The summed E-state index contributed by atoms with van der Waals surface area (Å²) < 4.78 is 0. The molecule has 1 fully saturated rings. The van der Waals surface area contributed by atoms with Crippen LogP contribution in [0.15, 0.2) is 0 Å². The van der Waals surface area contributed by atoms with Crippen LogP contribution in [0.25, 0.3) is 0 Å². The molecule has 0 aliphatic heterocycles. The number of hydrogen-bond acceptors (Lipinski definition) is 2. The standard InChI is InChI=1S/C12H23NO2/c1-4-9(5-2)11(14)7-13-12(15)10-6-8(10)3/h8-11,14H,4-7H2,1-3H3,(H,13,15)/t8-,10+,11+/m0/s1. The highest BCUT2D eigenvalue weighted by molar-refractivity contribution is 5.81. The molecule has 0 saturated heterocycles. The van der Waals surface area contributed by atoms with Crippen molar-refractivity contribution in [2.24, 2.45) is 17.8 Å². The third-order valence-electron chi connectivity index (χ3n) is 3.52. The van der Waals surface area contributed by atoms with Crippen LogP contribution in [0.2, 0.25) is 0 Å². The second-order valence-corrected chi connectivity index (χ2v) is 4.71. The lowest BCUT2D eigenvalue weighted by atomic mass is 9.96. The van der Waals surface area contributed by atoms with Crippen LogP contribution in [-0.4, -0.2) is 23.7 Å². The van der Waals surface area contributed by atoms with Gasteiger partial charge in [0, 0.05) is 12.5 Å². The Labute approximate surface area is 92.3 Å². The molecule has 0 aromatic rings. The van der Waals surface area contributed by atoms with Crippen molar-refractivity contribution < 1.29 is 9.90 Å². The van der Waals surface area contributed by atoms with Crippen molar-refractivity contribution in [2.75, 3.05) is 6.54 Å². The average molecular weight is 213 g/mol. The van der Waals surface area contributed by atoms with E-state index in [0.29, 0.717) is 18.4 Å². The van der Waals surface area contributed by atoms with Crippen molar-refractivity contribution in [3.05, 3.63) is 0 Å². The maximum absolute atomic E-state index is 11.5. The summed E-state index contributed by atoms with van der Waals surface area (Å²) in [5, 5.41) is 12.6. The molecule has 1 saturated carbocycles. The van der Waals surface area contributed by atoms with Crippen LogP contribution < -0.4 is 5.32 Å². The van der Waals surface area contributed by atoms with Crippen LogP contribution in [0, 0.1) is 17.8 Å². The van der Waals surface area contributed by atoms with Gasteiger partial charge < -0.3 is 10.4 Å². The highest BCUT2D eigenvalue weighted by Gasteiger charge is 2.39. The van der Waals surface area contributed by atoms with E-state index in [1.807, 2.05) is 0 Å². The lowest BCUT2D eigenvalue weighted by molar-refractivity contribution is -0.123. The van der Waals surface area contributed by atoms with Gasteiger partial charge in [0.15, 0.2) is 0 Å². The van der Waals surface area contributed by atoms with Crippen molar-refractivity contribution >= 4 is 5.91 Å². The van der Waals surface area contributed by atoms with Crippen molar-refractivity contribution in [3.63, 3.8) is 0 Å². The van der Waals surface area contributed by atoms with Gasteiger partial charge in [0.2, 0.25) is 5.91 Å². The predicted molar refractivity (Wildman–Crippen MR) is 60.4 cm³/mol. The molecule has 2 N–H and O–H groups in total. The Morgan fingerprint density at radius 2 is 2.00 bits per heavy atom. The van der Waals surface area contributed by atoms with E-state index in [1.165, 1.54) is 0 Å². The SMILES string of the molecule is CCC(CC)[C@H](O)CNC(=O)[C@@H]1C[C@@H]1C. The van der Waals surface area contributed by atoms with E-state index in [-0.39, 0.29) is 11.8 Å². The van der Waals surface area contributed by atoms with Crippen molar-refractivity contribution in [1.29, 1.82) is 0 Å². The van der Waals surface area contributed by atoms with Crippen molar-refractivity contribution in [2.45, 2.75) is 46.1 Å². The molecule has 0 radical (unpaired) electrons. The summed E-state index contributed by atoms with van der Waals surface area (Å²) >= 11 is 0. The summed E-state index contributed by atoms with van der Waals surface area (Å²) in [5.41, 5.74) is 0. The molecule has 3 heteroatoms. The van der Waals surface area contributed by atoms with Crippen LogP contribution in [0.1, 0.15) is 40.0 Å². The summed E-state index contributed by atoms with van der Waals surface area (Å²) in [4.78, 5) is 11.5. The molecule has 0 unspecified atom stereocenters. The molecule has 0 bridgehead atoms. The number of nitrogens with one attached hydrogen (secondary N) is 1. The molecule has 1 rings (SSSR count). The van der Waals surface area contributed by atoms with Gasteiger partial charge in [-0.3, -0.25) is 4.79 Å². The first-order valence-corrected chi connectivity index (χ1v) is 6.05. The first-order valence-electron chi connectivity index (χ1n) is 6.05. The Balaban J connectivity index is 2.21. The lowest BCUT2D eigenvalue weighted by Gasteiger charge is -2.20. The van der Waals surface area contributed by atoms with E-state index in [1.54, 1.807) is 0 Å². The van der Waals surface area contributed by atoms with Crippen LogP contribution in [-0.2, 0) is 4.79 Å². The van der Waals surface area contributed by atoms with E-state index >= 15 is 0 Å². The Morgan fingerprint density at radius 3 is 2.40 bits per heavy atom. The summed E-state index contributed by atoms with van der Waals surface area (Å²) in [7, 11) is 0. The fourth-order valence-corrected chi connectivity index (χ4v) is 2.02. The second kappa shape index (κ2) is 5.50. The molecule has 3 atom stereocenters. The third kappa shape index (κ3) is 3.49. The number of carbonyl (C=O) groups is 1. The van der Waals surface area contributed by atoms with Gasteiger partial charge in [-0.05, 0) is 18.3 Å². The van der Waals surface area contributed by atoms with Gasteiger partial charge in [-0.25, -0.2) is 0 Å². The fraction of sp³-hybridized carbons (Fsp3) is 0.917. The minimum absolute atomic E-state index is 0.118. The first kappa shape index (κ1) is 12.5. The summed E-state index contributed by atoms with van der Waals surface area (Å²) in [6.07, 6.45) is 2.55. The zero-order valence-electron chi connectivity index (χ0n) is 9.99. The fourth-order valence-electron chi connectivity index (χ4n) is 2.02. The van der Waals surface area contributed by atoms with Gasteiger partial charge >= 0.3 is 0 Å². The molecule has 0 aromatic carbocycles. The molecule has 1 amide bonds. The maximum atomic E-state index is 11.5. The number of rotatable bonds is 6. The highest BCUT2D eigenvalue weighted by Crippen LogP contribution is 2.37. The highest BCUT2D eigenvalue weighted by atomic mass is 16.3. The van der Waals surface area contributed by atoms with Gasteiger partial charge in [-0.15, -0.1) is 0 Å². The largest absolute Gasteiger partial charge is 0.391 e. The normalized spacial score (nSPS) is 26.5. The van der Waals surface area contributed by atoms with E-state index in [9.17, 15) is 9.90 Å². The monoisotopic (exact) mass is 213 g/mol. The van der Waals surface area contributed by atoms with Gasteiger partial charge in [0.1, 0.15) is 0 Å². The zero-order valence-corrected chi connectivity index (χ0v) is 9.99. The third-order valence-corrected chi connectivity index (χ3v) is 3.52. The number of carbonyl (C=O) groups excluding carboxylic acids is 1. The quantitative estimate of drug-likeness (QED) is 0.703. The first-order chi connectivity index (χ1) is 7.10.